The minimum atomic E-state index is -0.963. The van der Waals surface area contributed by atoms with Gasteiger partial charge in [0, 0.05) is 6.42 Å². The quantitative estimate of drug-likeness (QED) is 0.794. The molecule has 14 heavy (non-hydrogen) atoms. The van der Waals surface area contributed by atoms with Gasteiger partial charge in [0.15, 0.2) is 0 Å². The topological polar surface area (TPSA) is 54.4 Å². The first kappa shape index (κ1) is 10.4. The van der Waals surface area contributed by atoms with E-state index < -0.39 is 5.97 Å². The van der Waals surface area contributed by atoms with Crippen molar-refractivity contribution in [3.8, 4) is 0 Å². The van der Waals surface area contributed by atoms with Gasteiger partial charge in [0.05, 0.1) is 5.56 Å². The maximum atomic E-state index is 10.9. The van der Waals surface area contributed by atoms with E-state index in [4.69, 9.17) is 5.11 Å². The van der Waals surface area contributed by atoms with E-state index in [2.05, 4.69) is 0 Å². The lowest BCUT2D eigenvalue weighted by Crippen LogP contribution is -2.03. The number of Topliss-reactive ketones (excluding diaryl/α,β-unsaturated/α-hetero) is 1. The van der Waals surface area contributed by atoms with E-state index in [1.807, 2.05) is 6.92 Å². The molecule has 1 N–H and O–H groups in total. The fourth-order valence-corrected chi connectivity index (χ4v) is 1.26. The third kappa shape index (κ3) is 2.42. The number of carbonyl (C=O) groups excluding carboxylic acids is 1. The molecule has 1 aromatic carbocycles. The molecule has 0 radical (unpaired) electrons. The second-order valence-corrected chi connectivity index (χ2v) is 3.33. The number of benzene rings is 1. The molecule has 0 bridgehead atoms. The van der Waals surface area contributed by atoms with Gasteiger partial charge in [0.1, 0.15) is 5.78 Å². The van der Waals surface area contributed by atoms with Crippen LogP contribution in [0.15, 0.2) is 18.2 Å². The molecule has 0 atom stereocenters. The van der Waals surface area contributed by atoms with Gasteiger partial charge in [0.2, 0.25) is 0 Å². The summed E-state index contributed by atoms with van der Waals surface area (Å²) < 4.78 is 0. The fraction of sp³-hybridized carbons (Fsp3) is 0.273. The largest absolute Gasteiger partial charge is 0.478 e. The van der Waals surface area contributed by atoms with Crippen LogP contribution in [0.25, 0.3) is 0 Å². The molecule has 0 aromatic heterocycles. The van der Waals surface area contributed by atoms with Gasteiger partial charge in [0.25, 0.3) is 0 Å². The minimum Gasteiger partial charge on any atom is -0.478 e. The Balaban J connectivity index is 3.08. The van der Waals surface area contributed by atoms with E-state index >= 15 is 0 Å². The number of carboxylic acid groups (broad SMARTS) is 1. The van der Waals surface area contributed by atoms with E-state index in [-0.39, 0.29) is 11.3 Å². The molecule has 3 heteroatoms. The Kier molecular flexibility index (Phi) is 3.02. The van der Waals surface area contributed by atoms with Crippen molar-refractivity contribution in [3.63, 3.8) is 0 Å². The summed E-state index contributed by atoms with van der Waals surface area (Å²) in [6.45, 7) is 3.36. The van der Waals surface area contributed by atoms with Crippen LogP contribution >= 0.6 is 0 Å². The smallest absolute Gasteiger partial charge is 0.335 e. The van der Waals surface area contributed by atoms with Gasteiger partial charge < -0.3 is 5.11 Å². The molecular weight excluding hydrogens is 180 g/mol. The van der Waals surface area contributed by atoms with Gasteiger partial charge in [-0.25, -0.2) is 4.79 Å². The number of carbonyl (C=O) groups is 2. The summed E-state index contributed by atoms with van der Waals surface area (Å²) in [6, 6.07) is 4.82. The molecule has 1 rings (SSSR count). The van der Waals surface area contributed by atoms with E-state index in [9.17, 15) is 9.59 Å². The van der Waals surface area contributed by atoms with Gasteiger partial charge in [-0.1, -0.05) is 6.07 Å². The molecule has 74 valence electrons. The van der Waals surface area contributed by atoms with Gasteiger partial charge in [-0.15, -0.1) is 0 Å². The summed E-state index contributed by atoms with van der Waals surface area (Å²) in [5.74, 6) is -0.926. The zero-order chi connectivity index (χ0) is 10.7. The molecule has 0 saturated carbocycles. The van der Waals surface area contributed by atoms with Gasteiger partial charge >= 0.3 is 5.97 Å². The fourth-order valence-electron chi connectivity index (χ4n) is 1.26. The first-order valence-corrected chi connectivity index (χ1v) is 4.33. The maximum absolute atomic E-state index is 10.9. The summed E-state index contributed by atoms with van der Waals surface area (Å²) in [6.07, 6.45) is 0.299. The summed E-state index contributed by atoms with van der Waals surface area (Å²) in [7, 11) is 0. The van der Waals surface area contributed by atoms with Crippen LogP contribution < -0.4 is 0 Å². The van der Waals surface area contributed by atoms with E-state index in [1.54, 1.807) is 18.2 Å². The molecule has 0 saturated heterocycles. The molecule has 0 aliphatic carbocycles. The highest BCUT2D eigenvalue weighted by molar-refractivity contribution is 5.88. The molecule has 3 nitrogen and oxygen atoms in total. The van der Waals surface area contributed by atoms with Crippen LogP contribution in [-0.2, 0) is 11.2 Å². The highest BCUT2D eigenvalue weighted by Gasteiger charge is 2.07. The molecule has 0 aliphatic heterocycles. The Labute approximate surface area is 82.4 Å². The Bertz CT molecular complexity index is 380. The lowest BCUT2D eigenvalue weighted by atomic mass is 10.0. The third-order valence-corrected chi connectivity index (χ3v) is 2.04. The highest BCUT2D eigenvalue weighted by atomic mass is 16.4. The molecular formula is C11H12O3. The van der Waals surface area contributed by atoms with Crippen molar-refractivity contribution in [1.29, 1.82) is 0 Å². The van der Waals surface area contributed by atoms with Crippen molar-refractivity contribution in [2.45, 2.75) is 20.3 Å². The number of aromatic carboxylic acids is 1. The molecule has 0 aliphatic rings. The summed E-state index contributed by atoms with van der Waals surface area (Å²) in [5.41, 5.74) is 1.97. The molecule has 0 fully saturated rings. The summed E-state index contributed by atoms with van der Waals surface area (Å²) >= 11 is 0. The first-order valence-electron chi connectivity index (χ1n) is 4.33. The van der Waals surface area contributed by atoms with Gasteiger partial charge in [-0.05, 0) is 37.1 Å². The van der Waals surface area contributed by atoms with Crippen LogP contribution in [0.3, 0.4) is 0 Å². The Morgan fingerprint density at radius 3 is 2.50 bits per heavy atom. The molecule has 0 unspecified atom stereocenters. The van der Waals surface area contributed by atoms with Crippen molar-refractivity contribution >= 4 is 11.8 Å². The number of carboxylic acids is 1. The van der Waals surface area contributed by atoms with Crippen LogP contribution in [-0.4, -0.2) is 16.9 Å². The number of rotatable bonds is 3. The zero-order valence-electron chi connectivity index (χ0n) is 8.20. The number of ketones is 1. The van der Waals surface area contributed by atoms with Crippen LogP contribution in [0.1, 0.15) is 28.4 Å². The van der Waals surface area contributed by atoms with Crippen LogP contribution in [0.4, 0.5) is 0 Å². The van der Waals surface area contributed by atoms with Crippen LogP contribution in [0.2, 0.25) is 0 Å². The Morgan fingerprint density at radius 2 is 2.00 bits per heavy atom. The van der Waals surface area contributed by atoms with Crippen molar-refractivity contribution in [3.05, 3.63) is 34.9 Å². The standard InChI is InChI=1S/C11H12O3/c1-7-3-4-9(11(13)14)6-10(7)5-8(2)12/h3-4,6H,5H2,1-2H3,(H,13,14). The third-order valence-electron chi connectivity index (χ3n) is 2.04. The van der Waals surface area contributed by atoms with Crippen molar-refractivity contribution in [1.82, 2.24) is 0 Å². The minimum absolute atomic E-state index is 0.0376. The van der Waals surface area contributed by atoms with Crippen molar-refractivity contribution < 1.29 is 14.7 Å². The van der Waals surface area contributed by atoms with Crippen LogP contribution in [0, 0.1) is 6.92 Å². The second-order valence-electron chi connectivity index (χ2n) is 3.33. The zero-order valence-corrected chi connectivity index (χ0v) is 8.20. The van der Waals surface area contributed by atoms with E-state index in [1.165, 1.54) is 6.92 Å². The van der Waals surface area contributed by atoms with Crippen molar-refractivity contribution in [2.75, 3.05) is 0 Å². The SMILES string of the molecule is CC(=O)Cc1cc(C(=O)O)ccc1C. The van der Waals surface area contributed by atoms with Crippen molar-refractivity contribution in [2.24, 2.45) is 0 Å². The second kappa shape index (κ2) is 4.05. The lowest BCUT2D eigenvalue weighted by molar-refractivity contribution is -0.116. The predicted octanol–water partition coefficient (Wildman–Crippen LogP) is 1.82. The Morgan fingerprint density at radius 1 is 1.36 bits per heavy atom. The summed E-state index contributed by atoms with van der Waals surface area (Å²) in [5, 5.41) is 8.75. The average Bonchev–Trinajstić information content (AvgIpc) is 2.07. The lowest BCUT2D eigenvalue weighted by Gasteiger charge is -2.04. The normalized spacial score (nSPS) is 9.86. The number of hydrogen-bond donors (Lipinski definition) is 1. The van der Waals surface area contributed by atoms with Gasteiger partial charge in [-0.2, -0.15) is 0 Å². The number of aryl methyl sites for hydroxylation is 1. The van der Waals surface area contributed by atoms with Crippen LogP contribution in [0.5, 0.6) is 0 Å². The number of hydrogen-bond acceptors (Lipinski definition) is 2. The molecule has 0 heterocycles. The molecule has 0 amide bonds. The average molecular weight is 192 g/mol. The Hall–Kier alpha value is -1.64. The summed E-state index contributed by atoms with van der Waals surface area (Å²) in [4.78, 5) is 21.6. The molecule has 1 aromatic rings. The molecule has 0 spiro atoms. The maximum Gasteiger partial charge on any atom is 0.335 e. The predicted molar refractivity (Wildman–Crippen MR) is 52.5 cm³/mol. The van der Waals surface area contributed by atoms with E-state index in [0.29, 0.717) is 6.42 Å². The highest BCUT2D eigenvalue weighted by Crippen LogP contribution is 2.12. The van der Waals surface area contributed by atoms with Gasteiger partial charge in [-0.3, -0.25) is 4.79 Å². The first-order chi connectivity index (χ1) is 6.50. The monoisotopic (exact) mass is 192 g/mol. The van der Waals surface area contributed by atoms with E-state index in [0.717, 1.165) is 11.1 Å².